The second kappa shape index (κ2) is 8.90. The fourth-order valence-corrected chi connectivity index (χ4v) is 4.19. The number of benzene rings is 2. The molecule has 0 spiro atoms. The molecule has 0 saturated heterocycles. The molecular weight excluding hydrogens is 450 g/mol. The highest BCUT2D eigenvalue weighted by Crippen LogP contribution is 2.38. The lowest BCUT2D eigenvalue weighted by atomic mass is 10.1. The van der Waals surface area contributed by atoms with E-state index in [0.29, 0.717) is 41.4 Å². The number of methoxy groups -OCH3 is 1. The first-order valence-electron chi connectivity index (χ1n) is 11.2. The molecule has 0 atom stereocenters. The first kappa shape index (κ1) is 24.0. The van der Waals surface area contributed by atoms with Crippen molar-refractivity contribution in [1.82, 2.24) is 9.55 Å². The van der Waals surface area contributed by atoms with E-state index in [-0.39, 0.29) is 22.8 Å². The van der Waals surface area contributed by atoms with Gasteiger partial charge in [-0.3, -0.25) is 4.79 Å². The van der Waals surface area contributed by atoms with Gasteiger partial charge in [0.15, 0.2) is 0 Å². The van der Waals surface area contributed by atoms with Crippen molar-refractivity contribution in [2.75, 3.05) is 18.6 Å². The monoisotopic (exact) mass is 477 g/mol. The molecule has 2 heterocycles. The third-order valence-corrected chi connectivity index (χ3v) is 5.64. The molecule has 1 aromatic heterocycles. The first-order chi connectivity index (χ1) is 16.5. The van der Waals surface area contributed by atoms with Gasteiger partial charge in [-0.1, -0.05) is 18.2 Å². The van der Waals surface area contributed by atoms with Crippen molar-refractivity contribution < 1.29 is 29.0 Å². The van der Waals surface area contributed by atoms with Crippen molar-refractivity contribution in [3.05, 3.63) is 65.1 Å². The van der Waals surface area contributed by atoms with Gasteiger partial charge in [0.25, 0.3) is 5.91 Å². The number of rotatable bonds is 3. The quantitative estimate of drug-likeness (QED) is 0.589. The summed E-state index contributed by atoms with van der Waals surface area (Å²) in [5.74, 6) is -0.855. The molecule has 0 radical (unpaired) electrons. The highest BCUT2D eigenvalue weighted by molar-refractivity contribution is 6.09. The van der Waals surface area contributed by atoms with Crippen molar-refractivity contribution >= 4 is 23.7 Å². The molecule has 1 amide bonds. The second-order valence-electron chi connectivity index (χ2n) is 9.21. The molecular formula is C26H27N3O6. The summed E-state index contributed by atoms with van der Waals surface area (Å²) in [6.07, 6.45) is -0.121. The summed E-state index contributed by atoms with van der Waals surface area (Å²) in [6, 6.07) is 11.6. The summed E-state index contributed by atoms with van der Waals surface area (Å²) in [7, 11) is 1.36. The molecule has 2 aromatic carbocycles. The van der Waals surface area contributed by atoms with E-state index in [1.165, 1.54) is 29.9 Å². The fourth-order valence-electron chi connectivity index (χ4n) is 4.19. The number of aromatic nitrogens is 2. The summed E-state index contributed by atoms with van der Waals surface area (Å²) in [6.45, 7) is 7.47. The number of carbonyl (C=O) groups is 3. The Morgan fingerprint density at radius 1 is 1.09 bits per heavy atom. The van der Waals surface area contributed by atoms with E-state index in [1.54, 1.807) is 32.6 Å². The Labute approximate surface area is 202 Å². The van der Waals surface area contributed by atoms with Crippen LogP contribution in [0.2, 0.25) is 0 Å². The zero-order valence-corrected chi connectivity index (χ0v) is 20.3. The Morgan fingerprint density at radius 3 is 2.46 bits per heavy atom. The van der Waals surface area contributed by atoms with Crippen LogP contribution < -0.4 is 9.64 Å². The third kappa shape index (κ3) is 4.49. The van der Waals surface area contributed by atoms with Crippen molar-refractivity contribution in [2.45, 2.75) is 39.7 Å². The van der Waals surface area contributed by atoms with E-state index >= 15 is 0 Å². The second-order valence-corrected chi connectivity index (χ2v) is 9.21. The van der Waals surface area contributed by atoms with Crippen molar-refractivity contribution in [3.63, 3.8) is 0 Å². The van der Waals surface area contributed by atoms with Gasteiger partial charge in [-0.25, -0.2) is 19.1 Å². The molecule has 0 unspecified atom stereocenters. The Balaban J connectivity index is 1.80. The van der Waals surface area contributed by atoms with E-state index in [1.807, 2.05) is 24.3 Å². The molecule has 1 N–H and O–H groups in total. The molecule has 9 heteroatoms. The van der Waals surface area contributed by atoms with Crippen LogP contribution in [0, 0.1) is 6.92 Å². The van der Waals surface area contributed by atoms with Crippen LogP contribution in [0.15, 0.2) is 42.5 Å². The molecule has 3 aromatic rings. The number of carboxylic acid groups (broad SMARTS) is 1. The number of hydrogen-bond donors (Lipinski definition) is 1. The van der Waals surface area contributed by atoms with Gasteiger partial charge in [0.2, 0.25) is 0 Å². The average Bonchev–Trinajstić information content (AvgIpc) is 3.05. The van der Waals surface area contributed by atoms with E-state index in [4.69, 9.17) is 9.47 Å². The number of fused-ring (bicyclic) bond motifs is 3. The van der Waals surface area contributed by atoms with Gasteiger partial charge in [-0.05, 0) is 52.0 Å². The van der Waals surface area contributed by atoms with E-state index in [9.17, 15) is 19.5 Å². The van der Waals surface area contributed by atoms with Crippen LogP contribution >= 0.6 is 0 Å². The molecule has 1 aliphatic heterocycles. The minimum Gasteiger partial charge on any atom is -0.496 e. The van der Waals surface area contributed by atoms with Crippen LogP contribution in [0.5, 0.6) is 5.75 Å². The highest BCUT2D eigenvalue weighted by Gasteiger charge is 2.32. The number of nitrogens with zero attached hydrogens (tertiary/aromatic N) is 3. The summed E-state index contributed by atoms with van der Waals surface area (Å²) in [4.78, 5) is 44.4. The van der Waals surface area contributed by atoms with Crippen LogP contribution in [0.4, 0.5) is 10.5 Å². The van der Waals surface area contributed by atoms with Gasteiger partial charge in [-0.2, -0.15) is 0 Å². The largest absolute Gasteiger partial charge is 0.496 e. The molecule has 9 nitrogen and oxygen atoms in total. The van der Waals surface area contributed by atoms with Crippen LogP contribution in [-0.2, 0) is 11.2 Å². The third-order valence-electron chi connectivity index (χ3n) is 5.64. The Morgan fingerprint density at radius 2 is 1.80 bits per heavy atom. The van der Waals surface area contributed by atoms with Gasteiger partial charge < -0.3 is 19.5 Å². The predicted molar refractivity (Wildman–Crippen MR) is 129 cm³/mol. The summed E-state index contributed by atoms with van der Waals surface area (Å²) in [5.41, 5.74) is 2.15. The predicted octanol–water partition coefficient (Wildman–Crippen LogP) is 4.55. The number of ether oxygens (including phenoxy) is 2. The lowest BCUT2D eigenvalue weighted by molar-refractivity contribution is 0.0535. The number of carboxylic acids is 1. The molecule has 0 aliphatic carbocycles. The van der Waals surface area contributed by atoms with Gasteiger partial charge in [0.1, 0.15) is 22.7 Å². The molecule has 0 bridgehead atoms. The van der Waals surface area contributed by atoms with E-state index in [2.05, 4.69) is 4.98 Å². The van der Waals surface area contributed by atoms with Crippen molar-refractivity contribution in [3.8, 4) is 17.0 Å². The van der Waals surface area contributed by atoms with Gasteiger partial charge >= 0.3 is 12.1 Å². The molecule has 0 fully saturated rings. The number of anilines is 1. The minimum atomic E-state index is -1.14. The SMILES string of the molecule is COc1cc(C(=O)N2CCc3nc(C)n(C(=O)OC(C)(C)C)c3-c3ccccc32)ccc1C(=O)O. The van der Waals surface area contributed by atoms with Gasteiger partial charge in [0, 0.05) is 24.1 Å². The number of amides is 1. The van der Waals surface area contributed by atoms with Crippen molar-refractivity contribution in [1.29, 1.82) is 0 Å². The number of carbonyl (C=O) groups excluding carboxylic acids is 2. The number of aryl methyl sites for hydroxylation is 1. The number of aromatic carboxylic acids is 1. The Hall–Kier alpha value is -4.14. The molecule has 182 valence electrons. The first-order valence-corrected chi connectivity index (χ1v) is 11.2. The van der Waals surface area contributed by atoms with Crippen LogP contribution in [0.25, 0.3) is 11.3 Å². The van der Waals surface area contributed by atoms with Crippen LogP contribution in [0.3, 0.4) is 0 Å². The van der Waals surface area contributed by atoms with Crippen LogP contribution in [-0.4, -0.2) is 51.9 Å². The average molecular weight is 478 g/mol. The topological polar surface area (TPSA) is 111 Å². The Kier molecular flexibility index (Phi) is 6.10. The number of para-hydroxylation sites is 1. The lowest BCUT2D eigenvalue weighted by Gasteiger charge is -2.24. The molecule has 0 saturated carbocycles. The standard InChI is InChI=1S/C26H27N3O6/c1-15-27-19-12-13-28(23(30)16-10-11-18(24(31)32)21(14-16)34-5)20-9-7-6-8-17(20)22(19)29(15)25(33)35-26(2,3)4/h6-11,14H,12-13H2,1-5H3,(H,31,32). The van der Waals surface area contributed by atoms with Gasteiger partial charge in [0.05, 0.1) is 24.2 Å². The maximum Gasteiger partial charge on any atom is 0.420 e. The zero-order valence-electron chi connectivity index (χ0n) is 20.3. The summed E-state index contributed by atoms with van der Waals surface area (Å²) in [5, 5.41) is 9.36. The molecule has 4 rings (SSSR count). The smallest absolute Gasteiger partial charge is 0.420 e. The van der Waals surface area contributed by atoms with E-state index in [0.717, 1.165) is 0 Å². The minimum absolute atomic E-state index is 0.0289. The maximum atomic E-state index is 13.6. The highest BCUT2D eigenvalue weighted by atomic mass is 16.6. The zero-order chi connectivity index (χ0) is 25.5. The van der Waals surface area contributed by atoms with Crippen molar-refractivity contribution in [2.24, 2.45) is 0 Å². The molecule has 35 heavy (non-hydrogen) atoms. The van der Waals surface area contributed by atoms with Crippen LogP contribution in [0.1, 0.15) is 53.0 Å². The molecule has 1 aliphatic rings. The number of hydrogen-bond acceptors (Lipinski definition) is 6. The normalized spacial score (nSPS) is 12.9. The fraction of sp³-hybridized carbons (Fsp3) is 0.308. The number of imidazole rings is 1. The summed E-state index contributed by atoms with van der Waals surface area (Å²) >= 11 is 0. The van der Waals surface area contributed by atoms with Gasteiger partial charge in [-0.15, -0.1) is 0 Å². The lowest BCUT2D eigenvalue weighted by Crippen LogP contribution is -2.32. The Bertz CT molecular complexity index is 1340. The maximum absolute atomic E-state index is 13.6. The van der Waals surface area contributed by atoms with E-state index < -0.39 is 17.7 Å². The summed E-state index contributed by atoms with van der Waals surface area (Å²) < 4.78 is 12.3.